The number of nitrogens with zero attached hydrogens (tertiary/aromatic N) is 1. The van der Waals surface area contributed by atoms with Crippen molar-refractivity contribution in [2.24, 2.45) is 0 Å². The predicted molar refractivity (Wildman–Crippen MR) is 134 cm³/mol. The largest absolute Gasteiger partial charge is 0.507 e. The van der Waals surface area contributed by atoms with Gasteiger partial charge in [-0.25, -0.2) is 8.42 Å². The number of benzene rings is 2. The van der Waals surface area contributed by atoms with Crippen molar-refractivity contribution < 1.29 is 40.8 Å². The molecule has 3 rings (SSSR count). The van der Waals surface area contributed by atoms with Crippen LogP contribution in [0.25, 0.3) is 0 Å². The van der Waals surface area contributed by atoms with Crippen molar-refractivity contribution in [3.63, 3.8) is 0 Å². The van der Waals surface area contributed by atoms with Gasteiger partial charge in [-0.3, -0.25) is 9.00 Å². The molecule has 0 aliphatic carbocycles. The number of sulfone groups is 1. The third kappa shape index (κ3) is 5.89. The molecule has 0 bridgehead atoms. The van der Waals surface area contributed by atoms with Gasteiger partial charge in [0.25, 0.3) is 5.91 Å². The van der Waals surface area contributed by atoms with E-state index >= 15 is 0 Å². The van der Waals surface area contributed by atoms with Gasteiger partial charge in [0.05, 0.1) is 33.0 Å². The molecule has 1 heterocycles. The van der Waals surface area contributed by atoms with Gasteiger partial charge >= 0.3 is 6.18 Å². The number of nitrogens with one attached hydrogen (secondary N) is 1. The van der Waals surface area contributed by atoms with Gasteiger partial charge in [-0.2, -0.15) is 13.2 Å². The van der Waals surface area contributed by atoms with E-state index in [0.29, 0.717) is 6.92 Å². The molecule has 37 heavy (non-hydrogen) atoms. The summed E-state index contributed by atoms with van der Waals surface area (Å²) in [5.74, 6) is -1.55. The summed E-state index contributed by atoms with van der Waals surface area (Å²) >= 11 is 6.60. The molecule has 3 N–H and O–H groups in total. The van der Waals surface area contributed by atoms with Crippen LogP contribution in [-0.4, -0.2) is 70.9 Å². The molecule has 0 radical (unpaired) electrons. The van der Waals surface area contributed by atoms with E-state index in [-0.39, 0.29) is 52.1 Å². The molecule has 1 aliphatic heterocycles. The van der Waals surface area contributed by atoms with Gasteiger partial charge in [0.15, 0.2) is 15.4 Å². The van der Waals surface area contributed by atoms with Crippen LogP contribution in [0.5, 0.6) is 5.75 Å². The summed E-state index contributed by atoms with van der Waals surface area (Å²) in [5, 5.41) is 22.3. The van der Waals surface area contributed by atoms with E-state index < -0.39 is 55.1 Å². The predicted octanol–water partition coefficient (Wildman–Crippen LogP) is 3.19. The summed E-state index contributed by atoms with van der Waals surface area (Å²) in [6, 6.07) is 5.07. The highest BCUT2D eigenvalue weighted by Crippen LogP contribution is 2.46. The summed E-state index contributed by atoms with van der Waals surface area (Å²) in [6.07, 6.45) is -5.25. The lowest BCUT2D eigenvalue weighted by molar-refractivity contribution is -0.263. The van der Waals surface area contributed by atoms with Crippen LogP contribution in [0.2, 0.25) is 5.02 Å². The fraction of sp³-hybridized carbons (Fsp3) is 0.435. The van der Waals surface area contributed by atoms with E-state index in [1.807, 2.05) is 0 Å². The zero-order chi connectivity index (χ0) is 27.8. The second kappa shape index (κ2) is 10.8. The number of hydrogen-bond donors (Lipinski definition) is 3. The Hall–Kier alpha value is -2.35. The molecule has 2 atom stereocenters. The van der Waals surface area contributed by atoms with Crippen molar-refractivity contribution in [3.8, 4) is 5.75 Å². The highest BCUT2D eigenvalue weighted by Gasteiger charge is 2.56. The first-order chi connectivity index (χ1) is 17.1. The Morgan fingerprint density at radius 3 is 2.32 bits per heavy atom. The number of halogens is 4. The Morgan fingerprint density at radius 2 is 1.78 bits per heavy atom. The Balaban J connectivity index is 2.23. The number of phenols is 1. The lowest BCUT2D eigenvalue weighted by Crippen LogP contribution is -2.53. The van der Waals surface area contributed by atoms with E-state index in [9.17, 15) is 40.8 Å². The minimum absolute atomic E-state index is 0.0856. The van der Waals surface area contributed by atoms with Crippen LogP contribution in [0, 0.1) is 0 Å². The summed E-state index contributed by atoms with van der Waals surface area (Å²) in [5.41, 5.74) is -4.37. The molecule has 1 fully saturated rings. The minimum atomic E-state index is -5.25. The number of hydrogen-bond acceptors (Lipinski definition) is 7. The van der Waals surface area contributed by atoms with E-state index in [4.69, 9.17) is 11.6 Å². The molecular weight excluding hydrogens is 557 g/mol. The zero-order valence-corrected chi connectivity index (χ0v) is 22.3. The highest BCUT2D eigenvalue weighted by molar-refractivity contribution is 7.91. The van der Waals surface area contributed by atoms with E-state index in [0.717, 1.165) is 12.1 Å². The van der Waals surface area contributed by atoms with Gasteiger partial charge in [0.2, 0.25) is 0 Å². The molecule has 2 unspecified atom stereocenters. The quantitative estimate of drug-likeness (QED) is 0.458. The lowest BCUT2D eigenvalue weighted by atomic mass is 9.88. The normalized spacial score (nSPS) is 17.8. The Morgan fingerprint density at radius 1 is 1.19 bits per heavy atom. The van der Waals surface area contributed by atoms with Crippen molar-refractivity contribution in [1.29, 1.82) is 0 Å². The molecule has 0 spiro atoms. The van der Waals surface area contributed by atoms with Crippen LogP contribution in [0.1, 0.15) is 35.8 Å². The molecule has 8 nitrogen and oxygen atoms in total. The number of carbonyl (C=O) groups is 1. The first-order valence-electron chi connectivity index (χ1n) is 11.1. The monoisotopic (exact) mass is 582 g/mol. The maximum atomic E-state index is 14.0. The van der Waals surface area contributed by atoms with E-state index in [1.54, 1.807) is 0 Å². The highest BCUT2D eigenvalue weighted by atomic mass is 35.5. The first kappa shape index (κ1) is 29.2. The van der Waals surface area contributed by atoms with Crippen molar-refractivity contribution in [1.82, 2.24) is 5.32 Å². The number of amides is 1. The standard InChI is InChI=1S/C23H26ClF3N2O6S2/c1-3-37(34,35)17-9-8-15(18(24)19(17)29-10-12-36(33)13-11-29)20(22(2,32)23(25,26)27)28-21(31)14-6-4-5-7-16(14)30/h4-9,20,30,32H,3,10-13H2,1-2H3,(H,28,31). The van der Waals surface area contributed by atoms with Gasteiger partial charge in [-0.15, -0.1) is 0 Å². The third-order valence-electron chi connectivity index (χ3n) is 6.19. The molecular formula is C23H26ClF3N2O6S2. The van der Waals surface area contributed by atoms with Crippen LogP contribution in [0.4, 0.5) is 18.9 Å². The summed E-state index contributed by atoms with van der Waals surface area (Å²) in [7, 11) is -5.05. The smallest absolute Gasteiger partial charge is 0.419 e. The van der Waals surface area contributed by atoms with Crippen LogP contribution < -0.4 is 10.2 Å². The van der Waals surface area contributed by atoms with E-state index in [2.05, 4.69) is 5.32 Å². The molecule has 2 aromatic carbocycles. The average Bonchev–Trinajstić information content (AvgIpc) is 2.82. The minimum Gasteiger partial charge on any atom is -0.507 e. The summed E-state index contributed by atoms with van der Waals surface area (Å²) in [4.78, 5) is 14.2. The van der Waals surface area contributed by atoms with Gasteiger partial charge < -0.3 is 20.4 Å². The number of anilines is 1. The topological polar surface area (TPSA) is 124 Å². The molecule has 204 valence electrons. The molecule has 1 amide bonds. The fourth-order valence-electron chi connectivity index (χ4n) is 3.91. The molecule has 0 saturated carbocycles. The number of aromatic hydroxyl groups is 1. The first-order valence-corrected chi connectivity index (χ1v) is 14.7. The van der Waals surface area contributed by atoms with Gasteiger partial charge in [0.1, 0.15) is 5.75 Å². The van der Waals surface area contributed by atoms with Crippen LogP contribution in [0.15, 0.2) is 41.3 Å². The lowest BCUT2D eigenvalue weighted by Gasteiger charge is -2.37. The van der Waals surface area contributed by atoms with Crippen molar-refractivity contribution in [2.75, 3.05) is 35.2 Å². The number of rotatable bonds is 7. The molecule has 1 saturated heterocycles. The second-order valence-corrected chi connectivity index (χ2v) is 12.9. The molecule has 0 aromatic heterocycles. The fourth-order valence-corrected chi connectivity index (χ4v) is 6.52. The maximum absolute atomic E-state index is 14.0. The number of para-hydroxylation sites is 1. The SMILES string of the molecule is CCS(=O)(=O)c1ccc(C(NC(=O)c2ccccc2O)C(C)(O)C(F)(F)F)c(Cl)c1N1CCS(=O)CC1. The number of phenolic OH excluding ortho intramolecular Hbond substituents is 1. The number of aliphatic hydroxyl groups is 1. The van der Waals surface area contributed by atoms with Gasteiger partial charge in [-0.1, -0.05) is 36.7 Å². The Labute approximate surface area is 219 Å². The molecule has 1 aliphatic rings. The zero-order valence-electron chi connectivity index (χ0n) is 19.9. The van der Waals surface area contributed by atoms with Crippen LogP contribution >= 0.6 is 11.6 Å². The van der Waals surface area contributed by atoms with Gasteiger partial charge in [0, 0.05) is 35.4 Å². The summed E-state index contributed by atoms with van der Waals surface area (Å²) < 4.78 is 79.6. The third-order valence-corrected chi connectivity index (χ3v) is 9.62. The molecule has 2 aromatic rings. The molecule has 14 heteroatoms. The van der Waals surface area contributed by atoms with Gasteiger partial charge in [-0.05, 0) is 30.7 Å². The van der Waals surface area contributed by atoms with E-state index in [1.165, 1.54) is 36.1 Å². The number of alkyl halides is 3. The van der Waals surface area contributed by atoms with Crippen LogP contribution in [0.3, 0.4) is 0 Å². The van der Waals surface area contributed by atoms with Crippen LogP contribution in [-0.2, 0) is 20.6 Å². The Kier molecular flexibility index (Phi) is 8.52. The summed E-state index contributed by atoms with van der Waals surface area (Å²) in [6.45, 7) is 2.12. The Bertz CT molecular complexity index is 1310. The van der Waals surface area contributed by atoms with Crippen molar-refractivity contribution in [3.05, 3.63) is 52.5 Å². The van der Waals surface area contributed by atoms with Crippen molar-refractivity contribution >= 4 is 43.8 Å². The van der Waals surface area contributed by atoms with Crippen molar-refractivity contribution in [2.45, 2.75) is 36.6 Å². The number of carbonyl (C=O) groups excluding carboxylic acids is 1. The second-order valence-electron chi connectivity index (χ2n) is 8.62. The average molecular weight is 583 g/mol. The maximum Gasteiger partial charge on any atom is 0.419 e.